The molecule has 4 aromatic carbocycles. The zero-order valence-electron chi connectivity index (χ0n) is 39.6. The number of carboxylic acid groups (broad SMARTS) is 1. The predicted octanol–water partition coefficient (Wildman–Crippen LogP) is 8.07. The molecule has 4 amide bonds. The first-order valence-electron chi connectivity index (χ1n) is 24.7. The molecule has 4 atom stereocenters. The van der Waals surface area contributed by atoms with Crippen molar-refractivity contribution in [2.45, 2.75) is 140 Å². The average Bonchev–Trinajstić information content (AvgIpc) is 3.35. The number of nitrogens with one attached hydrogen (secondary N) is 4. The van der Waals surface area contributed by atoms with Crippen LogP contribution in [0.25, 0.3) is 0 Å². The van der Waals surface area contributed by atoms with Crippen LogP contribution in [0.2, 0.25) is 0 Å². The Morgan fingerprint density at radius 2 is 0.913 bits per heavy atom. The molecule has 14 heteroatoms. The number of benzene rings is 4. The Morgan fingerprint density at radius 3 is 1.33 bits per heavy atom. The van der Waals surface area contributed by atoms with Gasteiger partial charge >= 0.3 is 11.9 Å². The number of hydrogen-bond donors (Lipinski definition) is 5. The van der Waals surface area contributed by atoms with Crippen molar-refractivity contribution in [1.82, 2.24) is 21.3 Å². The van der Waals surface area contributed by atoms with Crippen molar-refractivity contribution >= 4 is 35.6 Å². The van der Waals surface area contributed by atoms with Gasteiger partial charge in [0.15, 0.2) is 0 Å². The quantitative estimate of drug-likeness (QED) is 0.125. The van der Waals surface area contributed by atoms with Crippen LogP contribution in [0.1, 0.15) is 112 Å². The highest BCUT2D eigenvalue weighted by Gasteiger charge is 2.35. The fraction of sp³-hybridized carbons (Fsp3) is 0.455. The van der Waals surface area contributed by atoms with Crippen LogP contribution in [0.3, 0.4) is 0 Å². The summed E-state index contributed by atoms with van der Waals surface area (Å²) in [6.45, 7) is 0. The molecular weight excluding hydrogens is 877 g/mol. The lowest BCUT2D eigenvalue weighted by Gasteiger charge is -2.31. The van der Waals surface area contributed by atoms with Gasteiger partial charge < -0.3 is 40.6 Å². The van der Waals surface area contributed by atoms with Crippen molar-refractivity contribution < 1.29 is 48.1 Å². The van der Waals surface area contributed by atoms with Crippen molar-refractivity contribution in [2.24, 2.45) is 11.8 Å². The van der Waals surface area contributed by atoms with E-state index in [4.69, 9.17) is 14.2 Å². The molecule has 2 aliphatic carbocycles. The number of carbonyl (C=O) groups excluding carboxylic acids is 5. The summed E-state index contributed by atoms with van der Waals surface area (Å²) in [5.74, 6) is 0.0130. The van der Waals surface area contributed by atoms with Gasteiger partial charge in [0.05, 0.1) is 7.11 Å². The monoisotopic (exact) mass is 942 g/mol. The minimum Gasteiger partial charge on any atom is -0.480 e. The van der Waals surface area contributed by atoms with E-state index in [1.165, 1.54) is 7.11 Å². The van der Waals surface area contributed by atoms with Crippen LogP contribution < -0.4 is 30.7 Å². The van der Waals surface area contributed by atoms with E-state index < -0.39 is 42.0 Å². The van der Waals surface area contributed by atoms with Crippen molar-refractivity contribution in [3.8, 4) is 23.0 Å². The number of carbonyl (C=O) groups is 6. The molecule has 69 heavy (non-hydrogen) atoms. The third-order valence-corrected chi connectivity index (χ3v) is 13.6. The number of aryl methyl sites for hydroxylation is 2. The van der Waals surface area contributed by atoms with E-state index in [-0.39, 0.29) is 42.4 Å². The maximum atomic E-state index is 13.4. The van der Waals surface area contributed by atoms with E-state index in [1.54, 1.807) is 6.07 Å². The second kappa shape index (κ2) is 25.1. The van der Waals surface area contributed by atoms with Crippen LogP contribution in [0, 0.1) is 11.8 Å². The standard InChI is InChI=1S/C28H34N2O5.C27H32N2O5/c1-34-28(33)24-18-20-8-5-11-23(17-20)35-22-15-13-19(14-16-22)7-6-12-25(31)30-26(27(32)29-24)21-9-3-2-4-10-21;30-24-11-5-6-18-12-14-21(15-13-18)34-22-10-4-7-19(16-22)17-23(27(32)33)28-26(31)25(29-24)20-8-2-1-3-9-20/h5,8,11,13-17,21,24,26H,2-4,6-7,9-10,12,18H2,1H3,(H,29,32)(H,30,31);4,7,10,12-16,20,23,25H,1-3,5-6,8-9,11,17H2,(H,28,31)(H,29,30)(H,32,33). The molecule has 0 radical (unpaired) electrons. The smallest absolute Gasteiger partial charge is 0.328 e. The van der Waals surface area contributed by atoms with Crippen molar-refractivity contribution in [3.05, 3.63) is 119 Å². The van der Waals surface area contributed by atoms with Crippen LogP contribution >= 0.6 is 0 Å². The number of methoxy groups -OCH3 is 1. The Balaban J connectivity index is 0.000000204. The summed E-state index contributed by atoms with van der Waals surface area (Å²) < 4.78 is 16.9. The van der Waals surface area contributed by atoms with Crippen LogP contribution in [-0.2, 0) is 59.2 Å². The highest BCUT2D eigenvalue weighted by atomic mass is 16.5. The number of ether oxygens (including phenoxy) is 3. The van der Waals surface area contributed by atoms with Gasteiger partial charge in [-0.1, -0.05) is 87.1 Å². The van der Waals surface area contributed by atoms with Gasteiger partial charge in [-0.3, -0.25) is 19.2 Å². The van der Waals surface area contributed by atoms with Gasteiger partial charge in [-0.05, 0) is 134 Å². The van der Waals surface area contributed by atoms with Gasteiger partial charge in [-0.2, -0.15) is 0 Å². The Kier molecular flexibility index (Phi) is 18.2. The Bertz CT molecular complexity index is 2380. The molecule has 4 unspecified atom stereocenters. The molecule has 366 valence electrons. The van der Waals surface area contributed by atoms with Crippen molar-refractivity contribution in [3.63, 3.8) is 0 Å². The molecule has 14 nitrogen and oxygen atoms in total. The second-order valence-corrected chi connectivity index (χ2v) is 18.8. The van der Waals surface area contributed by atoms with E-state index in [9.17, 15) is 33.9 Å². The minimum atomic E-state index is -1.11. The summed E-state index contributed by atoms with van der Waals surface area (Å²) in [6.07, 6.45) is 13.6. The summed E-state index contributed by atoms with van der Waals surface area (Å²) in [5, 5.41) is 21.3. The Labute approximate surface area is 404 Å². The molecule has 4 aliphatic heterocycles. The number of hydrogen-bond acceptors (Lipinski definition) is 9. The topological polar surface area (TPSA) is 198 Å². The zero-order valence-corrected chi connectivity index (χ0v) is 39.6. The van der Waals surface area contributed by atoms with Crippen LogP contribution in [-0.4, -0.2) is 72.0 Å². The predicted molar refractivity (Wildman–Crippen MR) is 260 cm³/mol. The maximum absolute atomic E-state index is 13.4. The minimum absolute atomic E-state index is 0.0158. The molecule has 2 saturated carbocycles. The van der Waals surface area contributed by atoms with Gasteiger partial charge in [0.2, 0.25) is 23.6 Å². The molecule has 4 heterocycles. The van der Waals surface area contributed by atoms with Crippen LogP contribution in [0.5, 0.6) is 23.0 Å². The van der Waals surface area contributed by atoms with Gasteiger partial charge in [0.1, 0.15) is 47.2 Å². The third kappa shape index (κ3) is 15.1. The Morgan fingerprint density at radius 1 is 0.493 bits per heavy atom. The van der Waals surface area contributed by atoms with Crippen molar-refractivity contribution in [1.29, 1.82) is 0 Å². The lowest BCUT2D eigenvalue weighted by atomic mass is 9.83. The van der Waals surface area contributed by atoms with Gasteiger partial charge in [-0.25, -0.2) is 9.59 Å². The highest BCUT2D eigenvalue weighted by Crippen LogP contribution is 2.30. The molecule has 0 aromatic heterocycles. The molecule has 10 rings (SSSR count). The van der Waals surface area contributed by atoms with E-state index in [0.717, 1.165) is 99.3 Å². The number of carboxylic acids is 1. The largest absolute Gasteiger partial charge is 0.480 e. The first-order valence-corrected chi connectivity index (χ1v) is 24.7. The molecule has 4 aromatic rings. The highest BCUT2D eigenvalue weighted by molar-refractivity contribution is 5.92. The molecule has 2 fully saturated rings. The first-order chi connectivity index (χ1) is 33.5. The fourth-order valence-electron chi connectivity index (χ4n) is 9.85. The zero-order chi connectivity index (χ0) is 48.5. The number of fused-ring (bicyclic) bond motifs is 22. The summed E-state index contributed by atoms with van der Waals surface area (Å²) in [4.78, 5) is 76.9. The summed E-state index contributed by atoms with van der Waals surface area (Å²) >= 11 is 0. The SMILES string of the molecule is COC(=O)C1Cc2cccc(c2)Oc2ccc(cc2)CCCC(=O)NC(C2CCCCC2)C(=O)N1.O=C1CCCc2ccc(cc2)Oc2cccc(c2)CC(C(=O)O)NC(=O)C(C2CCCCC2)N1. The maximum Gasteiger partial charge on any atom is 0.328 e. The fourth-order valence-corrected chi connectivity index (χ4v) is 9.85. The van der Waals surface area contributed by atoms with E-state index >= 15 is 0 Å². The average molecular weight is 943 g/mol. The van der Waals surface area contributed by atoms with Gasteiger partial charge in [-0.15, -0.1) is 0 Å². The number of esters is 1. The Hall–Kier alpha value is -6.70. The number of amides is 4. The molecular formula is C55H66N4O10. The molecule has 0 spiro atoms. The van der Waals surface area contributed by atoms with E-state index in [0.29, 0.717) is 48.7 Å². The van der Waals surface area contributed by atoms with Crippen LogP contribution in [0.15, 0.2) is 97.1 Å². The summed E-state index contributed by atoms with van der Waals surface area (Å²) in [5.41, 5.74) is 3.80. The second-order valence-electron chi connectivity index (χ2n) is 18.8. The molecule has 6 aliphatic rings. The van der Waals surface area contributed by atoms with E-state index in [1.807, 2.05) is 91.0 Å². The lowest BCUT2D eigenvalue weighted by molar-refractivity contribution is -0.145. The number of aliphatic carboxylic acids is 1. The molecule has 5 N–H and O–H groups in total. The lowest BCUT2D eigenvalue weighted by Crippen LogP contribution is -2.55. The van der Waals surface area contributed by atoms with Gasteiger partial charge in [0.25, 0.3) is 0 Å². The molecule has 0 saturated heterocycles. The normalized spacial score (nSPS) is 22.4. The number of rotatable bonds is 4. The van der Waals surface area contributed by atoms with Crippen molar-refractivity contribution in [2.75, 3.05) is 7.11 Å². The van der Waals surface area contributed by atoms with Crippen LogP contribution in [0.4, 0.5) is 0 Å². The van der Waals surface area contributed by atoms with Gasteiger partial charge in [0, 0.05) is 25.7 Å². The third-order valence-electron chi connectivity index (χ3n) is 13.6. The van der Waals surface area contributed by atoms with E-state index in [2.05, 4.69) is 21.3 Å². The summed E-state index contributed by atoms with van der Waals surface area (Å²) in [6, 6.07) is 26.9. The summed E-state index contributed by atoms with van der Waals surface area (Å²) in [7, 11) is 1.31. The first kappa shape index (κ1) is 50.2. The molecule has 8 bridgehead atoms.